The average Bonchev–Trinajstić information content (AvgIpc) is 3.16. The van der Waals surface area contributed by atoms with Crippen molar-refractivity contribution in [2.24, 2.45) is 17.8 Å². The minimum Gasteiger partial charge on any atom is -0.369 e. The third-order valence-electron chi connectivity index (χ3n) is 7.54. The zero-order valence-electron chi connectivity index (χ0n) is 15.1. The quantitative estimate of drug-likeness (QED) is 0.869. The van der Waals surface area contributed by atoms with E-state index in [9.17, 15) is 0 Å². The predicted molar refractivity (Wildman–Crippen MR) is 100 cm³/mol. The summed E-state index contributed by atoms with van der Waals surface area (Å²) < 4.78 is 2.23. The lowest BCUT2D eigenvalue weighted by molar-refractivity contribution is -0.00770. The van der Waals surface area contributed by atoms with Crippen molar-refractivity contribution in [3.05, 3.63) is 41.1 Å². The number of rotatable bonds is 2. The standard InChI is InChI=1S/C22H27N3/c1-14-4-2-3-5-19(14)25-21-18(6-7-23-21)20(24-25)22-11-15-8-16(12-22)10-17(9-15)13-22/h2-5,15-17,23H,6-13H2,1H3. The molecule has 4 saturated carbocycles. The molecular weight excluding hydrogens is 306 g/mol. The van der Waals surface area contributed by atoms with E-state index < -0.39 is 0 Å². The van der Waals surface area contributed by atoms with Crippen LogP contribution in [-0.2, 0) is 11.8 Å². The van der Waals surface area contributed by atoms with E-state index in [0.717, 1.165) is 30.7 Å². The Hall–Kier alpha value is -1.77. The smallest absolute Gasteiger partial charge is 0.133 e. The van der Waals surface area contributed by atoms with Gasteiger partial charge in [0.15, 0.2) is 0 Å². The molecule has 0 saturated heterocycles. The van der Waals surface area contributed by atoms with E-state index >= 15 is 0 Å². The lowest BCUT2D eigenvalue weighted by Gasteiger charge is -2.56. The molecule has 1 aromatic heterocycles. The first-order valence-electron chi connectivity index (χ1n) is 10.1. The molecule has 1 N–H and O–H groups in total. The van der Waals surface area contributed by atoms with Gasteiger partial charge in [0, 0.05) is 17.5 Å². The van der Waals surface area contributed by atoms with Crippen LogP contribution in [0.25, 0.3) is 5.69 Å². The highest BCUT2D eigenvalue weighted by Crippen LogP contribution is 2.61. The van der Waals surface area contributed by atoms with Crippen LogP contribution >= 0.6 is 0 Å². The monoisotopic (exact) mass is 333 g/mol. The normalized spacial score (nSPS) is 35.0. The van der Waals surface area contributed by atoms with Crippen LogP contribution in [0.2, 0.25) is 0 Å². The zero-order chi connectivity index (χ0) is 16.6. The van der Waals surface area contributed by atoms with Crippen LogP contribution in [0.15, 0.2) is 24.3 Å². The Kier molecular flexibility index (Phi) is 2.82. The maximum atomic E-state index is 5.31. The van der Waals surface area contributed by atoms with E-state index in [4.69, 9.17) is 5.10 Å². The van der Waals surface area contributed by atoms with Gasteiger partial charge in [-0.3, -0.25) is 0 Å². The molecule has 3 nitrogen and oxygen atoms in total. The summed E-state index contributed by atoms with van der Waals surface area (Å²) in [4.78, 5) is 0. The first kappa shape index (κ1) is 14.4. The van der Waals surface area contributed by atoms with Gasteiger partial charge in [0.1, 0.15) is 5.82 Å². The Balaban J connectivity index is 1.52. The van der Waals surface area contributed by atoms with Gasteiger partial charge in [-0.05, 0) is 81.3 Å². The topological polar surface area (TPSA) is 29.9 Å². The fourth-order valence-electron chi connectivity index (χ4n) is 6.98. The molecule has 4 bridgehead atoms. The van der Waals surface area contributed by atoms with Crippen LogP contribution < -0.4 is 5.32 Å². The lowest BCUT2D eigenvalue weighted by Crippen LogP contribution is -2.49. The van der Waals surface area contributed by atoms with E-state index in [1.54, 1.807) is 0 Å². The number of nitrogens with one attached hydrogen (secondary N) is 1. The number of nitrogens with zero attached hydrogens (tertiary/aromatic N) is 2. The second kappa shape index (κ2) is 4.90. The van der Waals surface area contributed by atoms with Crippen molar-refractivity contribution >= 4 is 5.82 Å². The molecule has 4 fully saturated rings. The molecule has 7 rings (SSSR count). The average molecular weight is 333 g/mol. The molecular formula is C22H27N3. The summed E-state index contributed by atoms with van der Waals surface area (Å²) in [5.74, 6) is 4.19. The Bertz CT molecular complexity index is 812. The SMILES string of the molecule is Cc1ccccc1-n1nc(C23CC4CC(CC(C4)C2)C3)c2c1NCC2. The van der Waals surface area contributed by atoms with Crippen molar-refractivity contribution in [3.63, 3.8) is 0 Å². The van der Waals surface area contributed by atoms with Crippen molar-refractivity contribution in [1.82, 2.24) is 9.78 Å². The van der Waals surface area contributed by atoms with Crippen molar-refractivity contribution in [1.29, 1.82) is 0 Å². The van der Waals surface area contributed by atoms with Gasteiger partial charge in [-0.15, -0.1) is 0 Å². The number of hydrogen-bond acceptors (Lipinski definition) is 2. The second-order valence-corrected chi connectivity index (χ2v) is 9.25. The molecule has 4 aliphatic carbocycles. The van der Waals surface area contributed by atoms with Gasteiger partial charge >= 0.3 is 0 Å². The number of anilines is 1. The van der Waals surface area contributed by atoms with Crippen LogP contribution in [0.5, 0.6) is 0 Å². The van der Waals surface area contributed by atoms with E-state index in [1.165, 1.54) is 66.9 Å². The fraction of sp³-hybridized carbons (Fsp3) is 0.591. The summed E-state index contributed by atoms with van der Waals surface area (Å²) in [7, 11) is 0. The van der Waals surface area contributed by atoms with Gasteiger partial charge in [0.2, 0.25) is 0 Å². The molecule has 0 amide bonds. The molecule has 2 aromatic rings. The molecule has 3 heteroatoms. The van der Waals surface area contributed by atoms with Gasteiger partial charge in [-0.25, -0.2) is 4.68 Å². The summed E-state index contributed by atoms with van der Waals surface area (Å²) in [6.45, 7) is 3.27. The van der Waals surface area contributed by atoms with E-state index in [1.807, 2.05) is 0 Å². The van der Waals surface area contributed by atoms with E-state index in [2.05, 4.69) is 41.2 Å². The minimum atomic E-state index is 0.388. The molecule has 0 radical (unpaired) electrons. The van der Waals surface area contributed by atoms with Crippen LogP contribution in [0, 0.1) is 24.7 Å². The summed E-state index contributed by atoms with van der Waals surface area (Å²) >= 11 is 0. The highest BCUT2D eigenvalue weighted by atomic mass is 15.3. The largest absolute Gasteiger partial charge is 0.369 e. The lowest BCUT2D eigenvalue weighted by atomic mass is 9.48. The van der Waals surface area contributed by atoms with Crippen LogP contribution in [0.1, 0.15) is 55.3 Å². The number of fused-ring (bicyclic) bond motifs is 1. The minimum absolute atomic E-state index is 0.388. The number of hydrogen-bond donors (Lipinski definition) is 1. The van der Waals surface area contributed by atoms with Gasteiger partial charge in [-0.1, -0.05) is 18.2 Å². The van der Waals surface area contributed by atoms with E-state index in [0.29, 0.717) is 5.41 Å². The predicted octanol–water partition coefficient (Wildman–Crippen LogP) is 4.62. The van der Waals surface area contributed by atoms with Crippen molar-refractivity contribution in [2.75, 3.05) is 11.9 Å². The molecule has 1 aromatic carbocycles. The zero-order valence-corrected chi connectivity index (χ0v) is 15.1. The Morgan fingerprint density at radius 2 is 1.72 bits per heavy atom. The van der Waals surface area contributed by atoms with Crippen LogP contribution in [-0.4, -0.2) is 16.3 Å². The third-order valence-corrected chi connectivity index (χ3v) is 7.54. The maximum absolute atomic E-state index is 5.31. The highest BCUT2D eigenvalue weighted by Gasteiger charge is 2.54. The summed E-state index contributed by atoms with van der Waals surface area (Å²) in [6, 6.07) is 8.67. The molecule has 5 aliphatic rings. The van der Waals surface area contributed by atoms with E-state index in [-0.39, 0.29) is 0 Å². The Labute approximate surface area is 149 Å². The molecule has 25 heavy (non-hydrogen) atoms. The molecule has 0 atom stereocenters. The number of para-hydroxylation sites is 1. The molecule has 2 heterocycles. The van der Waals surface area contributed by atoms with Crippen LogP contribution in [0.3, 0.4) is 0 Å². The molecule has 0 spiro atoms. The Morgan fingerprint density at radius 3 is 2.40 bits per heavy atom. The van der Waals surface area contributed by atoms with Gasteiger partial charge in [0.25, 0.3) is 0 Å². The third kappa shape index (κ3) is 1.95. The van der Waals surface area contributed by atoms with Crippen molar-refractivity contribution < 1.29 is 0 Å². The first-order valence-corrected chi connectivity index (χ1v) is 10.1. The summed E-state index contributed by atoms with van der Waals surface area (Å²) in [5.41, 5.74) is 5.93. The van der Waals surface area contributed by atoms with Gasteiger partial charge in [-0.2, -0.15) is 5.10 Å². The number of aromatic nitrogens is 2. The molecule has 0 unspecified atom stereocenters. The second-order valence-electron chi connectivity index (χ2n) is 9.25. The fourth-order valence-corrected chi connectivity index (χ4v) is 6.98. The summed E-state index contributed by atoms with van der Waals surface area (Å²) in [5, 5.41) is 8.95. The Morgan fingerprint density at radius 1 is 1.04 bits per heavy atom. The summed E-state index contributed by atoms with van der Waals surface area (Å²) in [6.07, 6.45) is 9.84. The highest BCUT2D eigenvalue weighted by molar-refractivity contribution is 5.60. The first-order chi connectivity index (χ1) is 12.2. The van der Waals surface area contributed by atoms with Crippen molar-refractivity contribution in [2.45, 2.75) is 57.3 Å². The molecule has 1 aliphatic heterocycles. The maximum Gasteiger partial charge on any atom is 0.133 e. The van der Waals surface area contributed by atoms with Gasteiger partial charge in [0.05, 0.1) is 11.4 Å². The van der Waals surface area contributed by atoms with Gasteiger partial charge < -0.3 is 5.32 Å². The number of aryl methyl sites for hydroxylation is 1. The van der Waals surface area contributed by atoms with Crippen molar-refractivity contribution in [3.8, 4) is 5.69 Å². The number of benzene rings is 1. The molecule has 130 valence electrons. The van der Waals surface area contributed by atoms with Crippen LogP contribution in [0.4, 0.5) is 5.82 Å².